The molecule has 0 fully saturated rings. The minimum atomic E-state index is -3.59. The fraction of sp³-hybridized carbons (Fsp3) is 0.455. The van der Waals surface area contributed by atoms with Crippen molar-refractivity contribution in [1.82, 2.24) is 10.0 Å². The molecule has 5 nitrogen and oxygen atoms in total. The van der Waals surface area contributed by atoms with Crippen molar-refractivity contribution in [2.45, 2.75) is 4.90 Å². The normalized spacial score (nSPS) is 11.2. The second-order valence-electron chi connectivity index (χ2n) is 3.75. The molecule has 0 aliphatic heterocycles. The van der Waals surface area contributed by atoms with Gasteiger partial charge in [-0.05, 0) is 18.2 Å². The molecule has 0 saturated carbocycles. The Morgan fingerprint density at radius 1 is 1.10 bits per heavy atom. The summed E-state index contributed by atoms with van der Waals surface area (Å²) in [6.45, 7) is 2.03. The van der Waals surface area contributed by atoms with Crippen molar-refractivity contribution in [1.29, 1.82) is 0 Å². The Kier molecular flexibility index (Phi) is 9.74. The molecular formula is C11H17Cl3N2O3S. The van der Waals surface area contributed by atoms with Gasteiger partial charge in [0, 0.05) is 36.8 Å². The third-order valence-corrected chi connectivity index (χ3v) is 4.10. The highest BCUT2D eigenvalue weighted by Gasteiger charge is 2.14. The van der Waals surface area contributed by atoms with E-state index in [0.717, 1.165) is 0 Å². The molecule has 0 aromatic heterocycles. The van der Waals surface area contributed by atoms with Gasteiger partial charge in [0.05, 0.1) is 11.5 Å². The lowest BCUT2D eigenvalue weighted by atomic mass is 10.4. The number of rotatable bonds is 8. The second kappa shape index (κ2) is 9.78. The lowest BCUT2D eigenvalue weighted by Crippen LogP contribution is -2.33. The minimum absolute atomic E-state index is 0. The predicted molar refractivity (Wildman–Crippen MR) is 83.6 cm³/mol. The summed E-state index contributed by atoms with van der Waals surface area (Å²) in [7, 11) is -1.98. The van der Waals surface area contributed by atoms with Crippen LogP contribution in [0.5, 0.6) is 0 Å². The number of hydrogen-bond donors (Lipinski definition) is 2. The van der Waals surface area contributed by atoms with E-state index in [4.69, 9.17) is 27.9 Å². The van der Waals surface area contributed by atoms with Gasteiger partial charge in [-0.1, -0.05) is 23.2 Å². The Hall–Kier alpha value is -0.0800. The summed E-state index contributed by atoms with van der Waals surface area (Å²) >= 11 is 11.5. The molecule has 0 atom stereocenters. The molecule has 0 unspecified atom stereocenters. The molecule has 1 aromatic rings. The van der Waals surface area contributed by atoms with Crippen molar-refractivity contribution >= 4 is 45.6 Å². The zero-order chi connectivity index (χ0) is 14.3. The maximum atomic E-state index is 11.9. The third kappa shape index (κ3) is 7.08. The molecule has 20 heavy (non-hydrogen) atoms. The predicted octanol–water partition coefficient (Wildman–Crippen LogP) is 1.93. The van der Waals surface area contributed by atoms with Crippen LogP contribution in [-0.2, 0) is 14.8 Å². The van der Waals surface area contributed by atoms with E-state index >= 15 is 0 Å². The van der Waals surface area contributed by atoms with E-state index < -0.39 is 10.0 Å². The summed E-state index contributed by atoms with van der Waals surface area (Å²) in [5.74, 6) is 0. The van der Waals surface area contributed by atoms with E-state index in [0.29, 0.717) is 19.7 Å². The molecule has 0 spiro atoms. The van der Waals surface area contributed by atoms with Crippen molar-refractivity contribution in [2.75, 3.05) is 33.4 Å². The van der Waals surface area contributed by atoms with Gasteiger partial charge in [-0.15, -0.1) is 12.4 Å². The lowest BCUT2D eigenvalue weighted by Gasteiger charge is -2.08. The van der Waals surface area contributed by atoms with E-state index in [1.165, 1.54) is 18.2 Å². The van der Waals surface area contributed by atoms with Crippen LogP contribution in [0.3, 0.4) is 0 Å². The maximum absolute atomic E-state index is 11.9. The van der Waals surface area contributed by atoms with Gasteiger partial charge in [0.15, 0.2) is 0 Å². The van der Waals surface area contributed by atoms with Gasteiger partial charge in [-0.3, -0.25) is 0 Å². The van der Waals surface area contributed by atoms with Crippen LogP contribution in [0.4, 0.5) is 0 Å². The highest BCUT2D eigenvalue weighted by Crippen LogP contribution is 2.21. The van der Waals surface area contributed by atoms with Gasteiger partial charge in [-0.2, -0.15) is 0 Å². The average molecular weight is 364 g/mol. The first kappa shape index (κ1) is 19.9. The zero-order valence-electron chi connectivity index (χ0n) is 10.9. The number of methoxy groups -OCH3 is 1. The van der Waals surface area contributed by atoms with Crippen LogP contribution >= 0.6 is 35.6 Å². The fourth-order valence-corrected chi connectivity index (χ4v) is 3.10. The monoisotopic (exact) mass is 362 g/mol. The summed E-state index contributed by atoms with van der Waals surface area (Å²) < 4.78 is 31.2. The van der Waals surface area contributed by atoms with Crippen LogP contribution in [0.15, 0.2) is 23.1 Å². The van der Waals surface area contributed by atoms with E-state index in [9.17, 15) is 8.42 Å². The van der Waals surface area contributed by atoms with Crippen LogP contribution < -0.4 is 10.0 Å². The molecule has 0 saturated heterocycles. The number of hydrogen-bond acceptors (Lipinski definition) is 4. The molecule has 9 heteroatoms. The van der Waals surface area contributed by atoms with Crippen LogP contribution in [0, 0.1) is 0 Å². The first-order valence-corrected chi connectivity index (χ1v) is 7.85. The number of benzene rings is 1. The van der Waals surface area contributed by atoms with Gasteiger partial charge >= 0.3 is 0 Å². The van der Waals surface area contributed by atoms with E-state index in [1.807, 2.05) is 0 Å². The van der Waals surface area contributed by atoms with Gasteiger partial charge in [0.2, 0.25) is 10.0 Å². The minimum Gasteiger partial charge on any atom is -0.383 e. The van der Waals surface area contributed by atoms with E-state index in [-0.39, 0.29) is 33.9 Å². The smallest absolute Gasteiger partial charge is 0.240 e. The van der Waals surface area contributed by atoms with Gasteiger partial charge in [0.1, 0.15) is 0 Å². The van der Waals surface area contributed by atoms with E-state index in [1.54, 1.807) is 7.11 Å². The summed E-state index contributed by atoms with van der Waals surface area (Å²) in [5, 5.41) is 3.60. The Labute approximate surface area is 135 Å². The maximum Gasteiger partial charge on any atom is 0.240 e. The summed E-state index contributed by atoms with van der Waals surface area (Å²) in [6.07, 6.45) is 0. The molecule has 116 valence electrons. The Bertz CT molecular complexity index is 491. The van der Waals surface area contributed by atoms with Crippen LogP contribution in [-0.4, -0.2) is 41.8 Å². The zero-order valence-corrected chi connectivity index (χ0v) is 14.0. The van der Waals surface area contributed by atoms with Crippen LogP contribution in [0.2, 0.25) is 10.0 Å². The molecule has 1 rings (SSSR count). The van der Waals surface area contributed by atoms with E-state index in [2.05, 4.69) is 10.0 Å². The van der Waals surface area contributed by atoms with Crippen LogP contribution in [0.25, 0.3) is 0 Å². The molecule has 0 heterocycles. The highest BCUT2D eigenvalue weighted by molar-refractivity contribution is 7.89. The summed E-state index contributed by atoms with van der Waals surface area (Å²) in [6, 6.07) is 4.19. The molecular weight excluding hydrogens is 347 g/mol. The van der Waals surface area contributed by atoms with Crippen molar-refractivity contribution in [3.05, 3.63) is 28.2 Å². The highest BCUT2D eigenvalue weighted by atomic mass is 35.5. The standard InChI is InChI=1S/C11H16Cl2N2O3S.ClH/c1-18-5-4-14-2-3-15-19(16,17)11-7-9(12)6-10(13)8-11;/h6-8,14-15H,2-5H2,1H3;1H. The first-order valence-electron chi connectivity index (χ1n) is 5.61. The first-order chi connectivity index (χ1) is 8.95. The number of halogens is 3. The number of sulfonamides is 1. The Balaban J connectivity index is 0.00000361. The van der Waals surface area contributed by atoms with Crippen LogP contribution in [0.1, 0.15) is 0 Å². The number of nitrogens with one attached hydrogen (secondary N) is 2. The topological polar surface area (TPSA) is 67.4 Å². The Morgan fingerprint density at radius 3 is 2.25 bits per heavy atom. The fourth-order valence-electron chi connectivity index (χ4n) is 1.34. The molecule has 1 aromatic carbocycles. The van der Waals surface area contributed by atoms with Gasteiger partial charge in [-0.25, -0.2) is 13.1 Å². The summed E-state index contributed by atoms with van der Waals surface area (Å²) in [4.78, 5) is 0.0573. The largest absolute Gasteiger partial charge is 0.383 e. The quantitative estimate of drug-likeness (QED) is 0.693. The van der Waals surface area contributed by atoms with Gasteiger partial charge < -0.3 is 10.1 Å². The SMILES string of the molecule is COCCNCCNS(=O)(=O)c1cc(Cl)cc(Cl)c1.Cl. The molecule has 0 aliphatic rings. The lowest BCUT2D eigenvalue weighted by molar-refractivity contribution is 0.199. The number of ether oxygens (including phenoxy) is 1. The molecule has 0 amide bonds. The van der Waals surface area contributed by atoms with Gasteiger partial charge in [0.25, 0.3) is 0 Å². The van der Waals surface area contributed by atoms with Crippen molar-refractivity contribution in [3.8, 4) is 0 Å². The van der Waals surface area contributed by atoms with Crippen molar-refractivity contribution in [3.63, 3.8) is 0 Å². The third-order valence-electron chi connectivity index (χ3n) is 2.22. The molecule has 0 aliphatic carbocycles. The Morgan fingerprint density at radius 2 is 1.70 bits per heavy atom. The summed E-state index contributed by atoms with van der Waals surface area (Å²) in [5.41, 5.74) is 0. The average Bonchev–Trinajstić information content (AvgIpc) is 2.32. The molecule has 0 radical (unpaired) electrons. The molecule has 2 N–H and O–H groups in total. The molecule has 0 bridgehead atoms. The van der Waals surface area contributed by atoms with Crippen molar-refractivity contribution in [2.24, 2.45) is 0 Å². The van der Waals surface area contributed by atoms with Crippen molar-refractivity contribution < 1.29 is 13.2 Å². The second-order valence-corrected chi connectivity index (χ2v) is 6.39.